The number of hydrogen-bond donors (Lipinski definition) is 0. The summed E-state index contributed by atoms with van der Waals surface area (Å²) in [7, 11) is 3.71. The van der Waals surface area contributed by atoms with Crippen LogP contribution in [0.25, 0.3) is 0 Å². The van der Waals surface area contributed by atoms with E-state index in [1.165, 1.54) is 0 Å². The van der Waals surface area contributed by atoms with Crippen LogP contribution in [0.2, 0.25) is 0 Å². The minimum atomic E-state index is -0.178. The summed E-state index contributed by atoms with van der Waals surface area (Å²) in [6.07, 6.45) is 3.44. The Morgan fingerprint density at radius 2 is 1.07 bits per heavy atom. The Kier molecular flexibility index (Phi) is 9.41. The molecule has 0 N–H and O–H groups in total. The zero-order chi connectivity index (χ0) is 21.5. The molecule has 0 aromatic carbocycles. The number of nitrogens with zero attached hydrogens (tertiary/aromatic N) is 2. The molecule has 2 fully saturated rings. The molecule has 2 rings (SSSR count). The molecule has 6 nitrogen and oxygen atoms in total. The maximum absolute atomic E-state index is 11.8. The molecule has 2 amide bonds. The average molecular weight is 399 g/mol. The smallest absolute Gasteiger partial charge is 0.251 e. The van der Waals surface area contributed by atoms with Crippen LogP contribution < -0.4 is 0 Å². The first-order valence-electron chi connectivity index (χ1n) is 10.5. The van der Waals surface area contributed by atoms with Gasteiger partial charge in [-0.05, 0) is 36.5 Å². The summed E-state index contributed by atoms with van der Waals surface area (Å²) in [5.74, 6) is 0.273. The van der Waals surface area contributed by atoms with Gasteiger partial charge in [0.2, 0.25) is 0 Å². The van der Waals surface area contributed by atoms with Crippen molar-refractivity contribution >= 4 is 11.8 Å². The number of rotatable bonds is 4. The van der Waals surface area contributed by atoms with Crippen LogP contribution in [0, 0.1) is 10.8 Å². The second kappa shape index (κ2) is 10.6. The van der Waals surface area contributed by atoms with Crippen molar-refractivity contribution < 1.29 is 19.1 Å². The van der Waals surface area contributed by atoms with Crippen LogP contribution in [0.5, 0.6) is 0 Å². The molecular weight excluding hydrogens is 356 g/mol. The Bertz CT molecular complexity index is 450. The van der Waals surface area contributed by atoms with E-state index >= 15 is 0 Å². The molecule has 0 saturated carbocycles. The van der Waals surface area contributed by atoms with Crippen molar-refractivity contribution in [2.45, 2.75) is 79.4 Å². The van der Waals surface area contributed by atoms with E-state index in [0.717, 1.165) is 52.0 Å². The van der Waals surface area contributed by atoms with Gasteiger partial charge in [-0.1, -0.05) is 41.5 Å². The van der Waals surface area contributed by atoms with Gasteiger partial charge in [0.15, 0.2) is 0 Å². The first-order chi connectivity index (χ1) is 12.8. The fraction of sp³-hybridized carbons (Fsp3) is 0.909. The first-order valence-corrected chi connectivity index (χ1v) is 10.5. The molecule has 2 aliphatic rings. The lowest BCUT2D eigenvalue weighted by molar-refractivity contribution is -0.141. The van der Waals surface area contributed by atoms with Gasteiger partial charge >= 0.3 is 0 Å². The zero-order valence-electron chi connectivity index (χ0n) is 19.3. The molecular formula is C22H42N2O4. The Morgan fingerprint density at radius 1 is 0.750 bits per heavy atom. The summed E-state index contributed by atoms with van der Waals surface area (Å²) in [6, 6.07) is 0. The van der Waals surface area contributed by atoms with Crippen LogP contribution in [-0.2, 0) is 19.1 Å². The van der Waals surface area contributed by atoms with Crippen molar-refractivity contribution in [2.75, 3.05) is 40.4 Å². The van der Waals surface area contributed by atoms with Gasteiger partial charge in [-0.3, -0.25) is 9.59 Å². The third kappa shape index (κ3) is 9.37. The van der Waals surface area contributed by atoms with Crippen molar-refractivity contribution in [3.8, 4) is 0 Å². The lowest BCUT2D eigenvalue weighted by Gasteiger charge is -2.28. The molecule has 164 valence electrons. The van der Waals surface area contributed by atoms with E-state index in [4.69, 9.17) is 9.47 Å². The largest absolute Gasteiger partial charge is 0.368 e. The summed E-state index contributed by atoms with van der Waals surface area (Å²) in [5, 5.41) is 0. The Morgan fingerprint density at radius 3 is 1.29 bits per heavy atom. The normalized spacial score (nSPS) is 22.4. The molecule has 0 spiro atoms. The van der Waals surface area contributed by atoms with Gasteiger partial charge in [-0.15, -0.1) is 0 Å². The molecule has 0 aliphatic carbocycles. The lowest BCUT2D eigenvalue weighted by atomic mass is 9.96. The number of carbonyl (C=O) groups is 2. The molecule has 2 aliphatic heterocycles. The third-order valence-electron chi connectivity index (χ3n) is 4.59. The predicted octanol–water partition coefficient (Wildman–Crippen LogP) is 3.34. The van der Waals surface area contributed by atoms with Gasteiger partial charge in [0, 0.05) is 40.4 Å². The number of amides is 2. The molecule has 0 bridgehead atoms. The Labute approximate surface area is 171 Å². The SMILES string of the molecule is CN(CC(C)(C)C)C(=O)[C@@H]1CCCO1.CN(CC(C)(C)C)C(=O)[C@H]1CCCO1. The number of ether oxygens (including phenoxy) is 2. The van der Waals surface area contributed by atoms with Crippen LogP contribution in [0.15, 0.2) is 0 Å². The predicted molar refractivity (Wildman–Crippen MR) is 112 cm³/mol. The van der Waals surface area contributed by atoms with E-state index in [9.17, 15) is 9.59 Å². The van der Waals surface area contributed by atoms with Gasteiger partial charge in [-0.25, -0.2) is 0 Å². The monoisotopic (exact) mass is 398 g/mol. The van der Waals surface area contributed by atoms with Crippen LogP contribution in [0.3, 0.4) is 0 Å². The highest BCUT2D eigenvalue weighted by Crippen LogP contribution is 2.19. The number of carbonyl (C=O) groups excluding carboxylic acids is 2. The number of hydrogen-bond acceptors (Lipinski definition) is 4. The van der Waals surface area contributed by atoms with Gasteiger partial charge < -0.3 is 19.3 Å². The highest BCUT2D eigenvalue weighted by molar-refractivity contribution is 5.81. The van der Waals surface area contributed by atoms with Crippen molar-refractivity contribution in [3.05, 3.63) is 0 Å². The molecule has 6 heteroatoms. The minimum absolute atomic E-state index is 0.137. The van der Waals surface area contributed by atoms with E-state index in [-0.39, 0.29) is 34.9 Å². The van der Waals surface area contributed by atoms with Crippen LogP contribution in [0.4, 0.5) is 0 Å². The molecule has 0 aromatic rings. The molecule has 28 heavy (non-hydrogen) atoms. The van der Waals surface area contributed by atoms with Crippen LogP contribution >= 0.6 is 0 Å². The molecule has 2 atom stereocenters. The second-order valence-electron chi connectivity index (χ2n) is 10.5. The molecule has 2 saturated heterocycles. The summed E-state index contributed by atoms with van der Waals surface area (Å²) in [5.41, 5.74) is 0.312. The zero-order valence-corrected chi connectivity index (χ0v) is 19.3. The summed E-state index contributed by atoms with van der Waals surface area (Å²) < 4.78 is 10.7. The molecule has 0 aromatic heterocycles. The minimum Gasteiger partial charge on any atom is -0.368 e. The fourth-order valence-corrected chi connectivity index (χ4v) is 3.62. The van der Waals surface area contributed by atoms with Crippen molar-refractivity contribution in [2.24, 2.45) is 10.8 Å². The molecule has 0 unspecified atom stereocenters. The third-order valence-corrected chi connectivity index (χ3v) is 4.59. The van der Waals surface area contributed by atoms with E-state index < -0.39 is 0 Å². The van der Waals surface area contributed by atoms with E-state index in [1.807, 2.05) is 14.1 Å². The quantitative estimate of drug-likeness (QED) is 0.729. The Balaban J connectivity index is 0.000000280. The van der Waals surface area contributed by atoms with Crippen molar-refractivity contribution in [3.63, 3.8) is 0 Å². The summed E-state index contributed by atoms with van der Waals surface area (Å²) in [4.78, 5) is 27.2. The van der Waals surface area contributed by atoms with Gasteiger partial charge in [0.05, 0.1) is 0 Å². The fourth-order valence-electron chi connectivity index (χ4n) is 3.62. The average Bonchev–Trinajstić information content (AvgIpc) is 3.24. The summed E-state index contributed by atoms with van der Waals surface area (Å²) >= 11 is 0. The van der Waals surface area contributed by atoms with Gasteiger partial charge in [0.1, 0.15) is 12.2 Å². The topological polar surface area (TPSA) is 59.1 Å². The summed E-state index contributed by atoms with van der Waals surface area (Å²) in [6.45, 7) is 15.8. The molecule has 0 radical (unpaired) electrons. The van der Waals surface area contributed by atoms with Crippen LogP contribution in [0.1, 0.15) is 67.2 Å². The van der Waals surface area contributed by atoms with Crippen molar-refractivity contribution in [1.29, 1.82) is 0 Å². The van der Waals surface area contributed by atoms with Gasteiger partial charge in [0.25, 0.3) is 11.8 Å². The van der Waals surface area contributed by atoms with Crippen molar-refractivity contribution in [1.82, 2.24) is 9.80 Å². The number of likely N-dealkylation sites (N-methyl/N-ethyl adjacent to an activating group) is 2. The maximum Gasteiger partial charge on any atom is 0.251 e. The van der Waals surface area contributed by atoms with E-state index in [2.05, 4.69) is 41.5 Å². The second-order valence-corrected chi connectivity index (χ2v) is 10.5. The standard InChI is InChI=1S/2C11H21NO2/c2*1-11(2,3)8-12(4)10(13)9-6-5-7-14-9/h2*9H,5-8H2,1-4H3/t2*9-/m10/s1. The Hall–Kier alpha value is -1.14. The highest BCUT2D eigenvalue weighted by Gasteiger charge is 2.29. The van der Waals surface area contributed by atoms with Crippen LogP contribution in [-0.4, -0.2) is 74.2 Å². The highest BCUT2D eigenvalue weighted by atomic mass is 16.5. The molecule has 2 heterocycles. The van der Waals surface area contributed by atoms with Gasteiger partial charge in [-0.2, -0.15) is 0 Å². The van der Waals surface area contributed by atoms with E-state index in [1.54, 1.807) is 9.80 Å². The maximum atomic E-state index is 11.8. The van der Waals surface area contributed by atoms with E-state index in [0.29, 0.717) is 0 Å². The first kappa shape index (κ1) is 24.9. The lowest BCUT2D eigenvalue weighted by Crippen LogP contribution is -2.40.